The van der Waals surface area contributed by atoms with Crippen molar-refractivity contribution in [3.05, 3.63) is 117 Å². The highest BCUT2D eigenvalue weighted by Crippen LogP contribution is 2.33. The van der Waals surface area contributed by atoms with Gasteiger partial charge in [-0.1, -0.05) is 132 Å². The van der Waals surface area contributed by atoms with Crippen LogP contribution in [0.5, 0.6) is 0 Å². The van der Waals surface area contributed by atoms with Crippen LogP contribution in [0.1, 0.15) is 140 Å². The van der Waals surface area contributed by atoms with Crippen LogP contribution in [-0.2, 0) is 40.8 Å². The molecule has 0 aliphatic rings. The normalized spacial score (nSPS) is 13.3. The van der Waals surface area contributed by atoms with Gasteiger partial charge in [-0.2, -0.15) is 0 Å². The molecule has 4 aromatic carbocycles. The molecule has 2 unspecified atom stereocenters. The molecule has 0 radical (unpaired) electrons. The van der Waals surface area contributed by atoms with Gasteiger partial charge in [-0.05, 0) is 118 Å². The Bertz CT molecular complexity index is 2080. The van der Waals surface area contributed by atoms with Crippen LogP contribution in [0.2, 0.25) is 0 Å². The minimum atomic E-state index is -1.23. The van der Waals surface area contributed by atoms with Gasteiger partial charge in [0.15, 0.2) is 0 Å². The molecule has 8 heteroatoms. The third-order valence-electron chi connectivity index (χ3n) is 11.4. The maximum Gasteiger partial charge on any atom is 0.228 e. The van der Waals surface area contributed by atoms with Gasteiger partial charge < -0.3 is 21.3 Å². The molecule has 8 nitrogen and oxygen atoms in total. The zero-order valence-corrected chi connectivity index (χ0v) is 39.1. The summed E-state index contributed by atoms with van der Waals surface area (Å²) in [5.41, 5.74) is 9.88. The van der Waals surface area contributed by atoms with Crippen molar-refractivity contribution in [1.29, 1.82) is 0 Å². The van der Waals surface area contributed by atoms with Gasteiger partial charge in [0.05, 0.1) is 11.8 Å². The molecule has 4 aromatic rings. The lowest BCUT2D eigenvalue weighted by Crippen LogP contribution is -2.41. The first-order chi connectivity index (χ1) is 27.5. The molecule has 4 amide bonds. The molecule has 60 heavy (non-hydrogen) atoms. The van der Waals surface area contributed by atoms with E-state index in [4.69, 9.17) is 0 Å². The number of benzene rings is 4. The predicted octanol–water partition coefficient (Wildman–Crippen LogP) is 12.0. The van der Waals surface area contributed by atoms with E-state index in [9.17, 15) is 19.2 Å². The smallest absolute Gasteiger partial charge is 0.228 e. The van der Waals surface area contributed by atoms with E-state index >= 15 is 0 Å². The summed E-state index contributed by atoms with van der Waals surface area (Å²) in [7, 11) is 0. The molecule has 0 aliphatic heterocycles. The van der Waals surface area contributed by atoms with E-state index in [0.717, 1.165) is 44.5 Å². The largest absolute Gasteiger partial charge is 0.326 e. The monoisotopic (exact) mass is 815 g/mol. The maximum atomic E-state index is 14.7. The quantitative estimate of drug-likeness (QED) is 0.121. The summed E-state index contributed by atoms with van der Waals surface area (Å²) < 4.78 is 0. The number of anilines is 4. The van der Waals surface area contributed by atoms with Crippen molar-refractivity contribution in [3.8, 4) is 0 Å². The Hall–Kier alpha value is -5.24. The summed E-state index contributed by atoms with van der Waals surface area (Å²) in [6, 6.07) is 23.6. The molecule has 0 fully saturated rings. The van der Waals surface area contributed by atoms with E-state index in [1.165, 1.54) is 0 Å². The van der Waals surface area contributed by atoms with Gasteiger partial charge in [0.25, 0.3) is 0 Å². The highest BCUT2D eigenvalue weighted by molar-refractivity contribution is 6.05. The molecule has 0 saturated carbocycles. The molecular weight excluding hydrogens is 745 g/mol. The van der Waals surface area contributed by atoms with Gasteiger partial charge in [0.1, 0.15) is 0 Å². The molecule has 0 bridgehead atoms. The van der Waals surface area contributed by atoms with Crippen molar-refractivity contribution in [2.24, 2.45) is 11.8 Å². The Balaban J connectivity index is 1.78. The summed E-state index contributed by atoms with van der Waals surface area (Å²) in [6.45, 7) is 33.2. The molecule has 0 saturated heterocycles. The number of rotatable bonds is 11. The first-order valence-corrected chi connectivity index (χ1v) is 21.2. The molecule has 4 N–H and O–H groups in total. The van der Waals surface area contributed by atoms with Crippen LogP contribution in [0, 0.1) is 39.5 Å². The summed E-state index contributed by atoms with van der Waals surface area (Å²) in [6.07, 6.45) is -0.698. The van der Waals surface area contributed by atoms with Crippen molar-refractivity contribution in [3.63, 3.8) is 0 Å². The van der Waals surface area contributed by atoms with E-state index in [2.05, 4.69) is 104 Å². The van der Waals surface area contributed by atoms with Crippen molar-refractivity contribution in [2.75, 3.05) is 21.3 Å². The highest BCUT2D eigenvalue weighted by atomic mass is 16.2. The lowest BCUT2D eigenvalue weighted by Gasteiger charge is -2.27. The second-order valence-electron chi connectivity index (χ2n) is 20.8. The van der Waals surface area contributed by atoms with Crippen LogP contribution in [-0.4, -0.2) is 23.6 Å². The number of hydrogen-bond donors (Lipinski definition) is 4. The second-order valence-corrected chi connectivity index (χ2v) is 20.8. The van der Waals surface area contributed by atoms with E-state index in [1.807, 2.05) is 100 Å². The summed E-state index contributed by atoms with van der Waals surface area (Å²) in [5.74, 6) is -4.42. The Morgan fingerprint density at radius 1 is 0.383 bits per heavy atom. The van der Waals surface area contributed by atoms with Crippen molar-refractivity contribution in [1.82, 2.24) is 0 Å². The summed E-state index contributed by atoms with van der Waals surface area (Å²) in [4.78, 5) is 57.6. The fourth-order valence-electron chi connectivity index (χ4n) is 7.17. The van der Waals surface area contributed by atoms with E-state index < -0.39 is 35.5 Å². The van der Waals surface area contributed by atoms with Crippen molar-refractivity contribution < 1.29 is 19.2 Å². The number of aryl methyl sites for hydroxylation is 4. The molecular formula is C52H70N4O4. The molecule has 0 spiro atoms. The zero-order chi connectivity index (χ0) is 45.1. The second kappa shape index (κ2) is 18.2. The number of hydrogen-bond acceptors (Lipinski definition) is 4. The Morgan fingerprint density at radius 3 is 0.800 bits per heavy atom. The minimum Gasteiger partial charge on any atom is -0.326 e. The fourth-order valence-corrected chi connectivity index (χ4v) is 7.17. The van der Waals surface area contributed by atoms with E-state index in [0.29, 0.717) is 22.7 Å². The van der Waals surface area contributed by atoms with Crippen molar-refractivity contribution >= 4 is 46.4 Å². The van der Waals surface area contributed by atoms with Crippen LogP contribution in [0.3, 0.4) is 0 Å². The Kier molecular flexibility index (Phi) is 14.4. The third kappa shape index (κ3) is 12.4. The molecule has 0 aromatic heterocycles. The Morgan fingerprint density at radius 2 is 0.600 bits per heavy atom. The van der Waals surface area contributed by atoms with Crippen LogP contribution >= 0.6 is 0 Å². The standard InChI is InChI=1S/C52H70N4O4/c1-31-25-35(49(5,6)7)17-21-41(31)53-45(57)29-39(47(59)55-43-23-19-37(27-33(43)3)51(11,12)13)40(48(60)56-44-24-20-38(28-34(44)4)52(14,15)16)30-46(58)54-42-22-18-36(26-32(42)2)50(8,9)10/h17-28,39-40H,29-30H2,1-16H3,(H,53,57)(H,54,58)(H,55,59)(H,56,60). The predicted molar refractivity (Wildman–Crippen MR) is 250 cm³/mol. The van der Waals surface area contributed by atoms with Crippen LogP contribution in [0.25, 0.3) is 0 Å². The van der Waals surface area contributed by atoms with Gasteiger partial charge in [-0.15, -0.1) is 0 Å². The minimum absolute atomic E-state index is 0.0839. The maximum absolute atomic E-state index is 14.7. The lowest BCUT2D eigenvalue weighted by molar-refractivity contribution is -0.134. The van der Waals surface area contributed by atoms with Crippen LogP contribution < -0.4 is 21.3 Å². The number of amides is 4. The molecule has 322 valence electrons. The molecule has 4 rings (SSSR count). The average Bonchev–Trinajstić information content (AvgIpc) is 3.11. The lowest BCUT2D eigenvalue weighted by atomic mass is 9.83. The van der Waals surface area contributed by atoms with Gasteiger partial charge in [-0.3, -0.25) is 19.2 Å². The number of carbonyl (C=O) groups excluding carboxylic acids is 4. The SMILES string of the molecule is Cc1cc(C(C)(C)C)ccc1NC(=O)CC(C(=O)Nc1ccc(C(C)(C)C)cc1C)C(CC(=O)Nc1ccc(C(C)(C)C)cc1C)C(=O)Nc1ccc(C(C)(C)C)cc1C. The average molecular weight is 815 g/mol. The first-order valence-electron chi connectivity index (χ1n) is 21.2. The van der Waals surface area contributed by atoms with E-state index in [1.54, 1.807) is 0 Å². The van der Waals surface area contributed by atoms with Gasteiger partial charge >= 0.3 is 0 Å². The topological polar surface area (TPSA) is 116 Å². The first kappa shape index (κ1) is 47.4. The summed E-state index contributed by atoms with van der Waals surface area (Å²) >= 11 is 0. The van der Waals surface area contributed by atoms with Gasteiger partial charge in [0.2, 0.25) is 23.6 Å². The number of carbonyl (C=O) groups is 4. The number of nitrogens with one attached hydrogen (secondary N) is 4. The van der Waals surface area contributed by atoms with Crippen LogP contribution in [0.15, 0.2) is 72.8 Å². The van der Waals surface area contributed by atoms with E-state index in [-0.39, 0.29) is 34.5 Å². The zero-order valence-electron chi connectivity index (χ0n) is 39.1. The summed E-state index contributed by atoms with van der Waals surface area (Å²) in [5, 5.41) is 12.1. The third-order valence-corrected chi connectivity index (χ3v) is 11.4. The molecule has 0 aliphatic carbocycles. The molecule has 0 heterocycles. The highest BCUT2D eigenvalue weighted by Gasteiger charge is 2.38. The van der Waals surface area contributed by atoms with Gasteiger partial charge in [-0.25, -0.2) is 0 Å². The van der Waals surface area contributed by atoms with Crippen LogP contribution in [0.4, 0.5) is 22.7 Å². The Labute approximate surface area is 360 Å². The molecule has 2 atom stereocenters. The van der Waals surface area contributed by atoms with Crippen molar-refractivity contribution in [2.45, 2.75) is 145 Å². The van der Waals surface area contributed by atoms with Gasteiger partial charge in [0, 0.05) is 35.6 Å². The fraction of sp³-hybridized carbons (Fsp3) is 0.462.